The van der Waals surface area contributed by atoms with Crippen LogP contribution in [-0.2, 0) is 0 Å². The maximum absolute atomic E-state index is 9.92. The molecule has 3 atom stereocenters. The zero-order valence-corrected chi connectivity index (χ0v) is 26.1. The van der Waals surface area contributed by atoms with Gasteiger partial charge in [0.15, 0.2) is 0 Å². The molecule has 0 amide bonds. The maximum Gasteiger partial charge on any atom is 0.0726 e. The summed E-state index contributed by atoms with van der Waals surface area (Å²) in [6.07, 6.45) is 37.8. The smallest absolute Gasteiger partial charge is 0.0726 e. The van der Waals surface area contributed by atoms with Gasteiger partial charge in [0.05, 0.1) is 12.2 Å². The molecule has 0 spiro atoms. The third-order valence-corrected chi connectivity index (χ3v) is 7.67. The lowest BCUT2D eigenvalue weighted by Gasteiger charge is -2.35. The van der Waals surface area contributed by atoms with E-state index in [9.17, 15) is 10.2 Å². The fourth-order valence-corrected chi connectivity index (χ4v) is 5.02. The van der Waals surface area contributed by atoms with Gasteiger partial charge in [-0.1, -0.05) is 153 Å². The third-order valence-electron chi connectivity index (χ3n) is 7.67. The van der Waals surface area contributed by atoms with Crippen molar-refractivity contribution in [1.29, 1.82) is 0 Å². The van der Waals surface area contributed by atoms with E-state index in [1.54, 1.807) is 0 Å². The van der Waals surface area contributed by atoms with Crippen molar-refractivity contribution in [2.45, 2.75) is 86.9 Å². The van der Waals surface area contributed by atoms with Gasteiger partial charge in [0.1, 0.15) is 0 Å². The van der Waals surface area contributed by atoms with Crippen molar-refractivity contribution < 1.29 is 10.2 Å². The molecule has 0 aromatic heterocycles. The average Bonchev–Trinajstić information content (AvgIpc) is 2.84. The van der Waals surface area contributed by atoms with Crippen LogP contribution in [0.4, 0.5) is 0 Å². The van der Waals surface area contributed by atoms with E-state index >= 15 is 0 Å². The molecule has 2 rings (SSSR count). The molecule has 0 bridgehead atoms. The summed E-state index contributed by atoms with van der Waals surface area (Å²) in [6.45, 7) is 17.2. The van der Waals surface area contributed by atoms with Gasteiger partial charge in [0.2, 0.25) is 0 Å². The monoisotopic (exact) mass is 540 g/mol. The SMILES string of the molecule is CC(/C=C/C=C(C)/C=C/C1=CC[C@H](O)CC1(C)C)=C\C=C\C=C(C)\C=C\C=C(C)\C=C\C1C=C[C@@H](O)CC1(C)C. The molecule has 1 unspecified atom stereocenters. The van der Waals surface area contributed by atoms with Gasteiger partial charge >= 0.3 is 0 Å². The van der Waals surface area contributed by atoms with Crippen LogP contribution in [0.3, 0.4) is 0 Å². The highest BCUT2D eigenvalue weighted by molar-refractivity contribution is 5.35. The van der Waals surface area contributed by atoms with Gasteiger partial charge in [0, 0.05) is 5.92 Å². The highest BCUT2D eigenvalue weighted by atomic mass is 16.3. The first-order valence-electron chi connectivity index (χ1n) is 14.6. The van der Waals surface area contributed by atoms with Crippen LogP contribution >= 0.6 is 0 Å². The van der Waals surface area contributed by atoms with Crippen molar-refractivity contribution in [3.63, 3.8) is 0 Å². The highest BCUT2D eigenvalue weighted by Crippen LogP contribution is 2.38. The summed E-state index contributed by atoms with van der Waals surface area (Å²) >= 11 is 0. The van der Waals surface area contributed by atoms with E-state index in [1.165, 1.54) is 27.9 Å². The van der Waals surface area contributed by atoms with Crippen LogP contribution in [0.5, 0.6) is 0 Å². The number of aliphatic hydroxyl groups excluding tert-OH is 2. The minimum absolute atomic E-state index is 0.0158. The fraction of sp³-hybridized carbons (Fsp3) is 0.421. The number of rotatable bonds is 10. The Morgan fingerprint density at radius 1 is 0.700 bits per heavy atom. The van der Waals surface area contributed by atoms with Crippen LogP contribution in [0, 0.1) is 16.7 Å². The first kappa shape index (κ1) is 33.3. The Morgan fingerprint density at radius 2 is 1.23 bits per heavy atom. The first-order valence-corrected chi connectivity index (χ1v) is 14.6. The van der Waals surface area contributed by atoms with E-state index in [4.69, 9.17) is 0 Å². The van der Waals surface area contributed by atoms with E-state index in [1.807, 2.05) is 6.08 Å². The molecule has 0 aliphatic heterocycles. The summed E-state index contributed by atoms with van der Waals surface area (Å²) in [5.74, 6) is 0.339. The normalized spacial score (nSPS) is 26.8. The second-order valence-electron chi connectivity index (χ2n) is 12.7. The van der Waals surface area contributed by atoms with Gasteiger partial charge in [-0.25, -0.2) is 0 Å². The molecule has 0 aromatic carbocycles. The van der Waals surface area contributed by atoms with Gasteiger partial charge in [-0.3, -0.25) is 0 Å². The van der Waals surface area contributed by atoms with E-state index in [2.05, 4.69) is 153 Å². The van der Waals surface area contributed by atoms with E-state index in [-0.39, 0.29) is 23.0 Å². The van der Waals surface area contributed by atoms with Gasteiger partial charge < -0.3 is 10.2 Å². The van der Waals surface area contributed by atoms with Crippen LogP contribution < -0.4 is 0 Å². The van der Waals surface area contributed by atoms with Crippen molar-refractivity contribution >= 4 is 0 Å². The molecule has 2 aliphatic carbocycles. The number of aliphatic hydroxyl groups is 2. The van der Waals surface area contributed by atoms with Crippen molar-refractivity contribution in [1.82, 2.24) is 0 Å². The molecule has 2 heteroatoms. The molecule has 40 heavy (non-hydrogen) atoms. The summed E-state index contributed by atoms with van der Waals surface area (Å²) in [5, 5.41) is 19.8. The topological polar surface area (TPSA) is 40.5 Å². The van der Waals surface area contributed by atoms with E-state index in [0.717, 1.165) is 19.3 Å². The molecule has 2 nitrogen and oxygen atoms in total. The quantitative estimate of drug-likeness (QED) is 0.214. The minimum atomic E-state index is -0.326. The number of hydrogen-bond donors (Lipinski definition) is 2. The standard InChI is InChI=1S/C38H52O2/c1-29(15-11-17-31(3)19-21-33-23-25-35(39)27-37(33,5)6)13-9-10-14-30(2)16-12-18-32(4)20-22-34-24-26-36(40)28-38(34,7)8/h9-25,33,35-36,39-40H,26-28H2,1-8H3/b10-9+,15-11+,16-12+,21-19+,22-20+,29-13+,30-14+,31-17+,32-18+/t33?,35-,36+/m1/s1. The summed E-state index contributed by atoms with van der Waals surface area (Å²) in [6, 6.07) is 0. The van der Waals surface area contributed by atoms with Crippen LogP contribution in [0.15, 0.2) is 131 Å². The second kappa shape index (κ2) is 15.7. The highest BCUT2D eigenvalue weighted by Gasteiger charge is 2.31. The fourth-order valence-electron chi connectivity index (χ4n) is 5.02. The summed E-state index contributed by atoms with van der Waals surface area (Å²) in [7, 11) is 0. The first-order chi connectivity index (χ1) is 18.8. The molecular formula is C38H52O2. The van der Waals surface area contributed by atoms with Crippen molar-refractivity contribution in [2.24, 2.45) is 16.7 Å². The molecule has 0 radical (unpaired) electrons. The molecule has 2 N–H and O–H groups in total. The zero-order valence-electron chi connectivity index (χ0n) is 26.1. The molecule has 216 valence electrons. The Morgan fingerprint density at radius 3 is 1.77 bits per heavy atom. The van der Waals surface area contributed by atoms with Gasteiger partial charge in [0.25, 0.3) is 0 Å². The Kier molecular flexibility index (Phi) is 13.1. The Labute approximate surface area is 244 Å². The van der Waals surface area contributed by atoms with Crippen LogP contribution in [0.2, 0.25) is 0 Å². The molecule has 0 fully saturated rings. The van der Waals surface area contributed by atoms with E-state index < -0.39 is 0 Å². The van der Waals surface area contributed by atoms with Crippen LogP contribution in [0.25, 0.3) is 0 Å². The number of hydrogen-bond acceptors (Lipinski definition) is 2. The number of allylic oxidation sites excluding steroid dienone is 20. The zero-order chi connectivity index (χ0) is 29.8. The Bertz CT molecular complexity index is 1180. The Hall–Kier alpha value is -2.94. The average molecular weight is 541 g/mol. The molecule has 0 heterocycles. The molecule has 2 aliphatic rings. The van der Waals surface area contributed by atoms with Gasteiger partial charge in [-0.05, 0) is 63.4 Å². The van der Waals surface area contributed by atoms with Crippen LogP contribution in [0.1, 0.15) is 74.7 Å². The molecular weight excluding hydrogens is 488 g/mol. The van der Waals surface area contributed by atoms with Crippen molar-refractivity contribution in [2.75, 3.05) is 0 Å². The lowest BCUT2D eigenvalue weighted by Crippen LogP contribution is -2.29. The minimum Gasteiger partial charge on any atom is -0.393 e. The van der Waals surface area contributed by atoms with E-state index in [0.29, 0.717) is 5.92 Å². The van der Waals surface area contributed by atoms with Crippen LogP contribution in [-0.4, -0.2) is 22.4 Å². The van der Waals surface area contributed by atoms with Crippen molar-refractivity contribution in [3.8, 4) is 0 Å². The molecule has 0 saturated carbocycles. The summed E-state index contributed by atoms with van der Waals surface area (Å²) < 4.78 is 0. The summed E-state index contributed by atoms with van der Waals surface area (Å²) in [4.78, 5) is 0. The van der Waals surface area contributed by atoms with Gasteiger partial charge in [-0.15, -0.1) is 0 Å². The second-order valence-corrected chi connectivity index (χ2v) is 12.7. The lowest BCUT2D eigenvalue weighted by molar-refractivity contribution is 0.121. The third kappa shape index (κ3) is 12.1. The lowest BCUT2D eigenvalue weighted by atomic mass is 9.71. The predicted octanol–water partition coefficient (Wildman–Crippen LogP) is 9.62. The molecule has 0 aromatic rings. The largest absolute Gasteiger partial charge is 0.393 e. The molecule has 0 saturated heterocycles. The summed E-state index contributed by atoms with van der Waals surface area (Å²) in [5.41, 5.74) is 6.16. The predicted molar refractivity (Wildman–Crippen MR) is 175 cm³/mol. The van der Waals surface area contributed by atoms with Crippen molar-refractivity contribution in [3.05, 3.63) is 131 Å². The van der Waals surface area contributed by atoms with Gasteiger partial charge in [-0.2, -0.15) is 0 Å². The maximum atomic E-state index is 9.92. The Balaban J connectivity index is 1.85.